The van der Waals surface area contributed by atoms with Gasteiger partial charge in [0.25, 0.3) is 0 Å². The van der Waals surface area contributed by atoms with Crippen LogP contribution in [-0.4, -0.2) is 48.1 Å². The maximum atomic E-state index is 10.1. The van der Waals surface area contributed by atoms with Crippen LogP contribution in [-0.2, 0) is 9.39 Å². The molecule has 1 aliphatic heterocycles. The summed E-state index contributed by atoms with van der Waals surface area (Å²) in [5.74, 6) is 0.336. The van der Waals surface area contributed by atoms with Gasteiger partial charge in [-0.1, -0.05) is 0 Å². The molecule has 129 valence electrons. The number of hydrogen-bond donors (Lipinski definition) is 1. The monoisotopic (exact) mass is 331 g/mol. The van der Waals surface area contributed by atoms with Gasteiger partial charge in [-0.3, -0.25) is 0 Å². The molecule has 7 heteroatoms. The predicted octanol–water partition coefficient (Wildman–Crippen LogP) is 1.32. The van der Waals surface area contributed by atoms with E-state index in [0.29, 0.717) is 30.1 Å². The van der Waals surface area contributed by atoms with Crippen LogP contribution in [0.4, 0.5) is 0 Å². The zero-order chi connectivity index (χ0) is 17.8. The molecule has 0 atom stereocenters. The van der Waals surface area contributed by atoms with Crippen molar-refractivity contribution in [3.8, 4) is 11.9 Å². The van der Waals surface area contributed by atoms with E-state index < -0.39 is 11.2 Å². The van der Waals surface area contributed by atoms with Crippen molar-refractivity contribution in [3.05, 3.63) is 17.8 Å². The summed E-state index contributed by atoms with van der Waals surface area (Å²) in [5.41, 5.74) is -0.791. The summed E-state index contributed by atoms with van der Waals surface area (Å²) in [6, 6.07) is 3.78. The Hall–Kier alpha value is -1.62. The molecule has 0 amide bonds. The highest BCUT2D eigenvalue weighted by atomic mass is 16.5. The van der Waals surface area contributed by atoms with Crippen LogP contribution in [0.25, 0.3) is 0 Å². The molecule has 0 bridgehead atoms. The zero-order valence-corrected chi connectivity index (χ0v) is 14.7. The Morgan fingerprint density at radius 2 is 2.00 bits per heavy atom. The summed E-state index contributed by atoms with van der Waals surface area (Å²) < 4.78 is 16.8. The molecule has 1 saturated heterocycles. The lowest BCUT2D eigenvalue weighted by molar-refractivity contribution is -0.0893. The lowest BCUT2D eigenvalue weighted by atomic mass is 9.83. The second-order valence-electron chi connectivity index (χ2n) is 6.97. The summed E-state index contributed by atoms with van der Waals surface area (Å²) in [4.78, 5) is 4.25. The maximum absolute atomic E-state index is 10.1. The maximum Gasteiger partial charge on any atom is 0.332 e. The van der Waals surface area contributed by atoms with Gasteiger partial charge >= 0.3 is 7.48 Å². The van der Waals surface area contributed by atoms with Crippen molar-refractivity contribution in [1.29, 1.82) is 5.26 Å². The van der Waals surface area contributed by atoms with Crippen LogP contribution in [0, 0.1) is 11.3 Å². The highest BCUT2D eigenvalue weighted by molar-refractivity contribution is 6.47. The molecular formula is C17H24BN2O4. The van der Waals surface area contributed by atoms with E-state index in [1.807, 2.05) is 0 Å². The Labute approximate surface area is 144 Å². The number of aromatic nitrogens is 1. The van der Waals surface area contributed by atoms with Gasteiger partial charge in [-0.05, 0) is 39.2 Å². The number of nitriles is 1. The summed E-state index contributed by atoms with van der Waals surface area (Å²) in [6.07, 6.45) is 3.21. The molecule has 1 aliphatic rings. The fourth-order valence-electron chi connectivity index (χ4n) is 2.02. The highest BCUT2D eigenvalue weighted by Crippen LogP contribution is 2.24. The van der Waals surface area contributed by atoms with Crippen molar-refractivity contribution >= 4 is 12.9 Å². The largest absolute Gasteiger partial charge is 0.473 e. The van der Waals surface area contributed by atoms with Crippen molar-refractivity contribution in [3.63, 3.8) is 0 Å². The van der Waals surface area contributed by atoms with Crippen LogP contribution < -0.4 is 10.2 Å². The number of nitrogens with zero attached hydrogens (tertiary/aromatic N) is 2. The van der Waals surface area contributed by atoms with Crippen LogP contribution in [0.1, 0.15) is 46.1 Å². The second-order valence-corrected chi connectivity index (χ2v) is 6.97. The first-order valence-electron chi connectivity index (χ1n) is 8.11. The minimum absolute atomic E-state index is 0.0264. The van der Waals surface area contributed by atoms with Crippen molar-refractivity contribution in [2.75, 3.05) is 13.2 Å². The number of pyridine rings is 1. The van der Waals surface area contributed by atoms with Crippen LogP contribution in [0.2, 0.25) is 0 Å². The Kier molecular flexibility index (Phi) is 5.86. The molecule has 2 heterocycles. The van der Waals surface area contributed by atoms with E-state index in [0.717, 1.165) is 12.8 Å². The van der Waals surface area contributed by atoms with Gasteiger partial charge in [-0.2, -0.15) is 5.26 Å². The first kappa shape index (κ1) is 18.7. The van der Waals surface area contributed by atoms with E-state index in [9.17, 15) is 10.4 Å². The zero-order valence-electron chi connectivity index (χ0n) is 14.7. The Bertz CT molecular complexity index is 602. The first-order valence-corrected chi connectivity index (χ1v) is 8.11. The molecule has 2 rings (SSSR count). The SMILES string of the molecule is CC(C)(O)C(C)(C)O[B]c1cnc(OC2CCOCC2)c(C#N)c1. The molecule has 1 aromatic heterocycles. The van der Waals surface area contributed by atoms with E-state index in [2.05, 4.69) is 11.1 Å². The third-order valence-corrected chi connectivity index (χ3v) is 4.40. The third kappa shape index (κ3) is 4.70. The predicted molar refractivity (Wildman–Crippen MR) is 90.3 cm³/mol. The highest BCUT2D eigenvalue weighted by Gasteiger charge is 2.35. The van der Waals surface area contributed by atoms with E-state index >= 15 is 0 Å². The van der Waals surface area contributed by atoms with E-state index in [1.54, 1.807) is 40.0 Å². The van der Waals surface area contributed by atoms with Crippen LogP contribution in [0.5, 0.6) is 5.88 Å². The van der Waals surface area contributed by atoms with E-state index in [4.69, 9.17) is 14.1 Å². The fourth-order valence-corrected chi connectivity index (χ4v) is 2.02. The van der Waals surface area contributed by atoms with Gasteiger partial charge in [-0.25, -0.2) is 4.98 Å². The quantitative estimate of drug-likeness (QED) is 0.792. The van der Waals surface area contributed by atoms with Crippen molar-refractivity contribution in [1.82, 2.24) is 4.98 Å². The van der Waals surface area contributed by atoms with Gasteiger partial charge in [0, 0.05) is 19.0 Å². The first-order chi connectivity index (χ1) is 11.2. The van der Waals surface area contributed by atoms with Gasteiger partial charge in [0.05, 0.1) is 24.4 Å². The summed E-state index contributed by atoms with van der Waals surface area (Å²) in [7, 11) is 1.50. The lowest BCUT2D eigenvalue weighted by Crippen LogP contribution is -2.49. The average molecular weight is 331 g/mol. The van der Waals surface area contributed by atoms with Crippen LogP contribution in [0.3, 0.4) is 0 Å². The molecule has 0 spiro atoms. The molecule has 0 saturated carbocycles. The molecule has 6 nitrogen and oxygen atoms in total. The van der Waals surface area contributed by atoms with E-state index in [-0.39, 0.29) is 6.10 Å². The van der Waals surface area contributed by atoms with Gasteiger partial charge in [0.1, 0.15) is 17.7 Å². The number of rotatable bonds is 6. The summed E-state index contributed by atoms with van der Waals surface area (Å²) >= 11 is 0. The lowest BCUT2D eigenvalue weighted by Gasteiger charge is -2.37. The smallest absolute Gasteiger partial charge is 0.332 e. The van der Waals surface area contributed by atoms with Crippen LogP contribution >= 0.6 is 0 Å². The van der Waals surface area contributed by atoms with Crippen molar-refractivity contribution in [2.24, 2.45) is 0 Å². The normalized spacial score (nSPS) is 16.5. The van der Waals surface area contributed by atoms with Gasteiger partial charge < -0.3 is 19.2 Å². The topological polar surface area (TPSA) is 84.6 Å². The van der Waals surface area contributed by atoms with Crippen LogP contribution in [0.15, 0.2) is 12.3 Å². The standard InChI is InChI=1S/C17H24BN2O4/c1-16(2,21)17(3,4)24-18-13-9-12(10-19)15(20-11-13)23-14-5-7-22-8-6-14/h9,11,14,21H,5-8H2,1-4H3. The molecule has 24 heavy (non-hydrogen) atoms. The summed E-state index contributed by atoms with van der Waals surface area (Å²) in [6.45, 7) is 8.29. The molecule has 1 aromatic rings. The molecule has 1 fully saturated rings. The van der Waals surface area contributed by atoms with Gasteiger partial charge in [-0.15, -0.1) is 0 Å². The summed E-state index contributed by atoms with van der Waals surface area (Å²) in [5, 5.41) is 19.4. The fraction of sp³-hybridized carbons (Fsp3) is 0.647. The van der Waals surface area contributed by atoms with Crippen molar-refractivity contribution < 1.29 is 19.2 Å². The number of hydrogen-bond acceptors (Lipinski definition) is 6. The third-order valence-electron chi connectivity index (χ3n) is 4.40. The molecule has 1 N–H and O–H groups in total. The molecule has 0 unspecified atom stereocenters. The minimum atomic E-state index is -1.01. The molecule has 0 aromatic carbocycles. The second kappa shape index (κ2) is 7.52. The number of ether oxygens (including phenoxy) is 2. The molecular weight excluding hydrogens is 307 g/mol. The van der Waals surface area contributed by atoms with Gasteiger partial charge in [0.15, 0.2) is 0 Å². The number of aliphatic hydroxyl groups is 1. The Balaban J connectivity index is 2.04. The average Bonchev–Trinajstić information content (AvgIpc) is 2.54. The minimum Gasteiger partial charge on any atom is -0.473 e. The molecule has 1 radical (unpaired) electrons. The Morgan fingerprint density at radius 1 is 1.33 bits per heavy atom. The van der Waals surface area contributed by atoms with Gasteiger partial charge in [0.2, 0.25) is 5.88 Å². The molecule has 0 aliphatic carbocycles. The Morgan fingerprint density at radius 3 is 2.58 bits per heavy atom. The van der Waals surface area contributed by atoms with E-state index in [1.165, 1.54) is 7.48 Å². The van der Waals surface area contributed by atoms with Crippen molar-refractivity contribution in [2.45, 2.75) is 57.8 Å².